The molecule has 0 radical (unpaired) electrons. The van der Waals surface area contributed by atoms with Crippen LogP contribution in [0.5, 0.6) is 17.2 Å². The summed E-state index contributed by atoms with van der Waals surface area (Å²) in [5.74, 6) is 0.490. The van der Waals surface area contributed by atoms with Crippen molar-refractivity contribution in [2.24, 2.45) is 5.41 Å². The number of fused-ring (bicyclic) bond motifs is 1. The molecule has 4 aromatic rings. The third-order valence-corrected chi connectivity index (χ3v) is 6.72. The smallest absolute Gasteiger partial charge is 0.264 e. The minimum atomic E-state index is -0.572. The molecule has 1 amide bonds. The van der Waals surface area contributed by atoms with Crippen LogP contribution < -0.4 is 9.47 Å². The van der Waals surface area contributed by atoms with Crippen LogP contribution in [0, 0.1) is 22.6 Å². The molecule has 5 rings (SSSR count). The zero-order chi connectivity index (χ0) is 28.4. The molecule has 204 valence electrons. The molecule has 0 bridgehead atoms. The first-order valence-corrected chi connectivity index (χ1v) is 13.1. The van der Waals surface area contributed by atoms with Gasteiger partial charge in [0.2, 0.25) is 5.82 Å². The Morgan fingerprint density at radius 2 is 1.93 bits per heavy atom. The number of benzene rings is 2. The third kappa shape index (κ3) is 5.25. The number of imidazole rings is 1. The van der Waals surface area contributed by atoms with Crippen molar-refractivity contribution in [2.45, 2.75) is 39.7 Å². The van der Waals surface area contributed by atoms with Gasteiger partial charge in [0.05, 0.1) is 30.6 Å². The van der Waals surface area contributed by atoms with Crippen LogP contribution in [0.4, 0.5) is 4.39 Å². The average molecular weight is 540 g/mol. The molecule has 0 aliphatic carbocycles. The Hall–Kier alpha value is -4.71. The van der Waals surface area contributed by atoms with E-state index in [0.29, 0.717) is 23.8 Å². The minimum absolute atomic E-state index is 0.0641. The van der Waals surface area contributed by atoms with E-state index in [9.17, 15) is 14.4 Å². The summed E-state index contributed by atoms with van der Waals surface area (Å²) in [4.78, 5) is 24.5. The molecule has 1 aliphatic rings. The van der Waals surface area contributed by atoms with Crippen LogP contribution in [0.2, 0.25) is 0 Å². The van der Waals surface area contributed by atoms with Gasteiger partial charge in [-0.1, -0.05) is 32.9 Å². The van der Waals surface area contributed by atoms with Crippen molar-refractivity contribution in [2.75, 3.05) is 13.7 Å². The van der Waals surface area contributed by atoms with Crippen molar-refractivity contribution in [3.05, 3.63) is 84.3 Å². The van der Waals surface area contributed by atoms with Crippen LogP contribution in [0.25, 0.3) is 16.8 Å². The van der Waals surface area contributed by atoms with E-state index in [0.717, 1.165) is 23.9 Å². The van der Waals surface area contributed by atoms with Crippen LogP contribution >= 0.6 is 0 Å². The van der Waals surface area contributed by atoms with Crippen LogP contribution in [0.15, 0.2) is 72.7 Å². The van der Waals surface area contributed by atoms with E-state index in [4.69, 9.17) is 14.5 Å². The van der Waals surface area contributed by atoms with Crippen molar-refractivity contribution >= 4 is 11.4 Å². The number of halogens is 1. The highest BCUT2D eigenvalue weighted by atomic mass is 19.1. The van der Waals surface area contributed by atoms with E-state index in [1.54, 1.807) is 41.6 Å². The summed E-state index contributed by atoms with van der Waals surface area (Å²) in [7, 11) is 1.40. The summed E-state index contributed by atoms with van der Waals surface area (Å²) in [6.45, 7) is 6.44. The van der Waals surface area contributed by atoms with Gasteiger partial charge >= 0.3 is 0 Å². The van der Waals surface area contributed by atoms with Gasteiger partial charge in [-0.2, -0.15) is 9.65 Å². The summed E-state index contributed by atoms with van der Waals surface area (Å²) in [6, 6.07) is 13.7. The zero-order valence-electron chi connectivity index (χ0n) is 22.9. The molecule has 1 atom stereocenters. The number of carbonyl (C=O) groups excluding carboxylic acids is 1. The number of nitriles is 1. The number of hydrogen-bond donors (Lipinski definition) is 0. The number of rotatable bonds is 6. The van der Waals surface area contributed by atoms with Gasteiger partial charge in [0.1, 0.15) is 23.2 Å². The van der Waals surface area contributed by atoms with Crippen LogP contribution in [-0.4, -0.2) is 38.8 Å². The second-order valence-electron chi connectivity index (χ2n) is 10.7. The number of hydrogen-bond acceptors (Lipinski definition) is 6. The largest absolute Gasteiger partial charge is 0.494 e. The Kier molecular flexibility index (Phi) is 7.26. The van der Waals surface area contributed by atoms with Gasteiger partial charge in [-0.3, -0.25) is 14.2 Å². The normalized spacial score (nSPS) is 15.8. The number of nitrogens with zero attached hydrogens (tertiary/aromatic N) is 5. The molecule has 2 aromatic carbocycles. The fourth-order valence-electron chi connectivity index (χ4n) is 4.95. The molecular formula is C31H30FN5O3. The first kappa shape index (κ1) is 26.9. The third-order valence-electron chi connectivity index (χ3n) is 6.72. The fourth-order valence-corrected chi connectivity index (χ4v) is 4.95. The highest BCUT2D eigenvalue weighted by Gasteiger charge is 2.35. The highest BCUT2D eigenvalue weighted by molar-refractivity contribution is 5.97. The first-order chi connectivity index (χ1) is 19.2. The monoisotopic (exact) mass is 539 g/mol. The van der Waals surface area contributed by atoms with Crippen molar-refractivity contribution in [3.63, 3.8) is 0 Å². The lowest BCUT2D eigenvalue weighted by Gasteiger charge is -2.24. The Labute approximate surface area is 232 Å². The molecule has 0 spiro atoms. The molecule has 9 heteroatoms. The number of aromatic nitrogens is 3. The predicted molar refractivity (Wildman–Crippen MR) is 148 cm³/mol. The van der Waals surface area contributed by atoms with Gasteiger partial charge in [-0.25, -0.2) is 4.98 Å². The van der Waals surface area contributed by atoms with E-state index in [1.807, 2.05) is 43.5 Å². The maximum atomic E-state index is 14.6. The van der Waals surface area contributed by atoms with Crippen molar-refractivity contribution in [1.82, 2.24) is 19.3 Å². The quantitative estimate of drug-likeness (QED) is 0.205. The van der Waals surface area contributed by atoms with Crippen LogP contribution in [-0.2, 0) is 4.79 Å². The lowest BCUT2D eigenvalue weighted by Crippen LogP contribution is -2.32. The summed E-state index contributed by atoms with van der Waals surface area (Å²) in [6.07, 6.45) is 8.53. The number of ether oxygens (including phenoxy) is 2. The fraction of sp³-hybridized carbons (Fsp3) is 0.290. The molecule has 1 saturated heterocycles. The van der Waals surface area contributed by atoms with Gasteiger partial charge in [0.25, 0.3) is 5.91 Å². The molecule has 0 N–H and O–H groups in total. The van der Waals surface area contributed by atoms with Gasteiger partial charge in [0, 0.05) is 24.5 Å². The topological polar surface area (TPSA) is 92.8 Å². The molecule has 0 unspecified atom stereocenters. The Balaban J connectivity index is 1.47. The lowest BCUT2D eigenvalue weighted by molar-refractivity contribution is -0.127. The molecule has 8 nitrogen and oxygen atoms in total. The van der Waals surface area contributed by atoms with E-state index < -0.39 is 5.82 Å². The second kappa shape index (κ2) is 10.8. The van der Waals surface area contributed by atoms with Gasteiger partial charge in [-0.05, 0) is 54.7 Å². The van der Waals surface area contributed by atoms with Crippen LogP contribution in [0.1, 0.15) is 45.5 Å². The molecule has 1 fully saturated rings. The van der Waals surface area contributed by atoms with E-state index in [1.165, 1.54) is 19.2 Å². The lowest BCUT2D eigenvalue weighted by atomic mass is 9.93. The number of methoxy groups -OCH3 is 1. The van der Waals surface area contributed by atoms with Crippen molar-refractivity contribution < 1.29 is 18.7 Å². The molecule has 40 heavy (non-hydrogen) atoms. The predicted octanol–water partition coefficient (Wildman–Crippen LogP) is 6.50. The Morgan fingerprint density at radius 1 is 1.18 bits per heavy atom. The van der Waals surface area contributed by atoms with Crippen molar-refractivity contribution in [1.29, 1.82) is 5.26 Å². The molecule has 2 aromatic heterocycles. The summed E-state index contributed by atoms with van der Waals surface area (Å²) in [5.41, 5.74) is 2.15. The summed E-state index contributed by atoms with van der Waals surface area (Å²) in [5, 5.41) is 9.73. The number of likely N-dealkylation sites (tertiary alicyclic amines) is 1. The number of allylic oxidation sites excluding steroid dienone is 1. The maximum absolute atomic E-state index is 14.6. The van der Waals surface area contributed by atoms with Crippen molar-refractivity contribution in [3.8, 4) is 34.6 Å². The first-order valence-electron chi connectivity index (χ1n) is 13.1. The SMILES string of the molecule is COc1cccc(Oc2ccc(-c3nc([C@@H]4CCCN4C(=O)/C(C#N)=C/C(C)(C)C)n4ccncc34)cc2)c1F. The zero-order valence-corrected chi connectivity index (χ0v) is 22.9. The van der Waals surface area contributed by atoms with Gasteiger partial charge < -0.3 is 14.4 Å². The van der Waals surface area contributed by atoms with E-state index in [-0.39, 0.29) is 34.4 Å². The molecule has 3 heterocycles. The highest BCUT2D eigenvalue weighted by Crippen LogP contribution is 2.37. The van der Waals surface area contributed by atoms with Gasteiger partial charge in [0.15, 0.2) is 11.5 Å². The maximum Gasteiger partial charge on any atom is 0.264 e. The molecule has 0 saturated carbocycles. The Morgan fingerprint density at radius 3 is 2.62 bits per heavy atom. The minimum Gasteiger partial charge on any atom is -0.494 e. The van der Waals surface area contributed by atoms with Crippen LogP contribution in [0.3, 0.4) is 0 Å². The summed E-state index contributed by atoms with van der Waals surface area (Å²) < 4.78 is 27.3. The standard InChI is InChI=1S/C31H30FN5O3/c1-31(2,3)17-21(18-33)30(38)37-15-6-7-23(37)29-35-28(24-19-34-14-16-36(24)29)20-10-12-22(13-11-20)40-26-9-5-8-25(39-4)27(26)32/h5,8-14,16-17,19,23H,6-7,15H2,1-4H3/b21-17+/t23-/m0/s1. The molecular weight excluding hydrogens is 509 g/mol. The molecule has 1 aliphatic heterocycles. The number of carbonyl (C=O) groups is 1. The summed E-state index contributed by atoms with van der Waals surface area (Å²) >= 11 is 0. The Bertz CT molecular complexity index is 1630. The second-order valence-corrected chi connectivity index (χ2v) is 10.7. The van der Waals surface area contributed by atoms with E-state index in [2.05, 4.69) is 11.1 Å². The average Bonchev–Trinajstić information content (AvgIpc) is 3.57. The van der Waals surface area contributed by atoms with E-state index >= 15 is 0 Å². The van der Waals surface area contributed by atoms with Gasteiger partial charge in [-0.15, -0.1) is 0 Å². The number of amides is 1.